The fraction of sp³-hybridized carbons (Fsp3) is 0.480. The van der Waals surface area contributed by atoms with Crippen molar-refractivity contribution in [1.82, 2.24) is 15.1 Å². The first-order valence-electron chi connectivity index (χ1n) is 11.3. The Balaban J connectivity index is 1.98. The summed E-state index contributed by atoms with van der Waals surface area (Å²) in [5, 5.41) is 3.25. The molecule has 3 atom stereocenters. The molecule has 192 valence electrons. The SMILES string of the molecule is CNC1CCCN(C(=O)N(C)C(C)c2cc(C(F)(F)F)cc(C(F)(F)F)c2)C1c1ccccc1C. The Morgan fingerprint density at radius 2 is 1.63 bits per heavy atom. The van der Waals surface area contributed by atoms with E-state index >= 15 is 0 Å². The van der Waals surface area contributed by atoms with Gasteiger partial charge in [0.15, 0.2) is 0 Å². The molecule has 3 rings (SSSR count). The highest BCUT2D eigenvalue weighted by Crippen LogP contribution is 2.39. The molecule has 0 aliphatic carbocycles. The van der Waals surface area contributed by atoms with Crippen molar-refractivity contribution in [2.45, 2.75) is 57.2 Å². The highest BCUT2D eigenvalue weighted by molar-refractivity contribution is 5.75. The number of hydrogen-bond donors (Lipinski definition) is 1. The van der Waals surface area contributed by atoms with Crippen molar-refractivity contribution in [3.63, 3.8) is 0 Å². The van der Waals surface area contributed by atoms with Gasteiger partial charge in [-0.3, -0.25) is 0 Å². The second-order valence-electron chi connectivity index (χ2n) is 8.94. The van der Waals surface area contributed by atoms with Crippen LogP contribution in [0.5, 0.6) is 0 Å². The Morgan fingerprint density at radius 3 is 2.14 bits per heavy atom. The summed E-state index contributed by atoms with van der Waals surface area (Å²) in [5.41, 5.74) is -1.11. The van der Waals surface area contributed by atoms with E-state index in [1.807, 2.05) is 31.2 Å². The Labute approximate surface area is 200 Å². The zero-order valence-corrected chi connectivity index (χ0v) is 20.0. The van der Waals surface area contributed by atoms with Crippen LogP contribution in [0.15, 0.2) is 42.5 Å². The second-order valence-corrected chi connectivity index (χ2v) is 8.94. The number of alkyl halides is 6. The number of aryl methyl sites for hydroxylation is 1. The van der Waals surface area contributed by atoms with E-state index in [1.54, 1.807) is 11.9 Å². The molecule has 0 radical (unpaired) electrons. The number of carbonyl (C=O) groups is 1. The predicted octanol–water partition coefficient (Wildman–Crippen LogP) is 6.57. The summed E-state index contributed by atoms with van der Waals surface area (Å²) in [7, 11) is 3.20. The lowest BCUT2D eigenvalue weighted by molar-refractivity contribution is -0.143. The van der Waals surface area contributed by atoms with Gasteiger partial charge in [0.1, 0.15) is 0 Å². The summed E-state index contributed by atoms with van der Waals surface area (Å²) in [5.74, 6) is 0. The maximum absolute atomic E-state index is 13.6. The maximum Gasteiger partial charge on any atom is 0.416 e. The number of carbonyl (C=O) groups excluding carboxylic acids is 1. The number of halogens is 6. The van der Waals surface area contributed by atoms with Crippen molar-refractivity contribution in [3.05, 3.63) is 70.3 Å². The topological polar surface area (TPSA) is 35.6 Å². The van der Waals surface area contributed by atoms with Crippen molar-refractivity contribution in [3.8, 4) is 0 Å². The van der Waals surface area contributed by atoms with Crippen LogP contribution in [0.3, 0.4) is 0 Å². The van der Waals surface area contributed by atoms with Gasteiger partial charge in [0, 0.05) is 19.6 Å². The molecule has 0 aromatic heterocycles. The average Bonchev–Trinajstić information content (AvgIpc) is 2.81. The zero-order valence-electron chi connectivity index (χ0n) is 20.0. The van der Waals surface area contributed by atoms with Gasteiger partial charge in [0.05, 0.1) is 23.2 Å². The van der Waals surface area contributed by atoms with Crippen LogP contribution in [0.4, 0.5) is 31.1 Å². The standard InChI is InChI=1S/C25H29F6N3O/c1-15-8-5-6-9-20(15)22-21(32-3)10-7-11-34(22)23(35)33(4)16(2)17-12-18(24(26,27)28)14-19(13-17)25(29,30)31/h5-6,8-9,12-14,16,21-22,32H,7,10-11H2,1-4H3. The van der Waals surface area contributed by atoms with Crippen LogP contribution in [-0.4, -0.2) is 42.5 Å². The Kier molecular flexibility index (Phi) is 7.74. The lowest BCUT2D eigenvalue weighted by Crippen LogP contribution is -2.53. The number of nitrogens with zero attached hydrogens (tertiary/aromatic N) is 2. The van der Waals surface area contributed by atoms with Gasteiger partial charge in [-0.2, -0.15) is 26.3 Å². The minimum Gasteiger partial charge on any atom is -0.321 e. The molecule has 0 spiro atoms. The fourth-order valence-corrected chi connectivity index (χ4v) is 4.63. The van der Waals surface area contributed by atoms with E-state index in [0.717, 1.165) is 17.5 Å². The number of likely N-dealkylation sites (tertiary alicyclic amines) is 1. The average molecular weight is 502 g/mol. The quantitative estimate of drug-likeness (QED) is 0.481. The molecule has 2 aromatic carbocycles. The summed E-state index contributed by atoms with van der Waals surface area (Å²) >= 11 is 0. The molecule has 1 heterocycles. The summed E-state index contributed by atoms with van der Waals surface area (Å²) < 4.78 is 80.1. The molecule has 2 aromatic rings. The van der Waals surface area contributed by atoms with E-state index in [0.29, 0.717) is 25.1 Å². The van der Waals surface area contributed by atoms with Crippen molar-refractivity contribution < 1.29 is 31.1 Å². The van der Waals surface area contributed by atoms with Crippen molar-refractivity contribution >= 4 is 6.03 Å². The number of piperidine rings is 1. The lowest BCUT2D eigenvalue weighted by atomic mass is 9.88. The third-order valence-corrected chi connectivity index (χ3v) is 6.73. The first-order valence-corrected chi connectivity index (χ1v) is 11.3. The van der Waals surface area contributed by atoms with Gasteiger partial charge in [-0.05, 0) is 68.6 Å². The van der Waals surface area contributed by atoms with E-state index in [2.05, 4.69) is 5.32 Å². The monoisotopic (exact) mass is 501 g/mol. The molecule has 10 heteroatoms. The molecule has 0 bridgehead atoms. The molecular formula is C25H29F6N3O. The van der Waals surface area contributed by atoms with Gasteiger partial charge in [-0.15, -0.1) is 0 Å². The van der Waals surface area contributed by atoms with Gasteiger partial charge < -0.3 is 15.1 Å². The van der Waals surface area contributed by atoms with E-state index in [-0.39, 0.29) is 23.7 Å². The molecule has 1 fully saturated rings. The van der Waals surface area contributed by atoms with Crippen LogP contribution in [0.1, 0.15) is 59.7 Å². The van der Waals surface area contributed by atoms with E-state index in [4.69, 9.17) is 0 Å². The largest absolute Gasteiger partial charge is 0.416 e. The lowest BCUT2D eigenvalue weighted by Gasteiger charge is -2.44. The molecule has 1 N–H and O–H groups in total. The molecule has 0 saturated carbocycles. The second kappa shape index (κ2) is 10.1. The minimum absolute atomic E-state index is 0.0529. The van der Waals surface area contributed by atoms with Crippen molar-refractivity contribution in [2.75, 3.05) is 20.6 Å². The number of urea groups is 1. The Hall–Kier alpha value is -2.75. The Bertz CT molecular complexity index is 1020. The molecular weight excluding hydrogens is 472 g/mol. The molecule has 4 nitrogen and oxygen atoms in total. The number of benzene rings is 2. The first kappa shape index (κ1) is 26.8. The molecule has 3 unspecified atom stereocenters. The summed E-state index contributed by atoms with van der Waals surface area (Å²) in [6, 6.07) is 7.21. The Morgan fingerprint density at radius 1 is 1.06 bits per heavy atom. The minimum atomic E-state index is -4.96. The zero-order chi connectivity index (χ0) is 26.1. The van der Waals surface area contributed by atoms with Crippen LogP contribution >= 0.6 is 0 Å². The summed E-state index contributed by atoms with van der Waals surface area (Å²) in [6.07, 6.45) is -8.38. The van der Waals surface area contributed by atoms with Gasteiger partial charge in [0.2, 0.25) is 0 Å². The van der Waals surface area contributed by atoms with Crippen molar-refractivity contribution in [1.29, 1.82) is 0 Å². The molecule has 1 saturated heterocycles. The molecule has 1 aliphatic rings. The molecule has 2 amide bonds. The number of nitrogens with one attached hydrogen (secondary N) is 1. The summed E-state index contributed by atoms with van der Waals surface area (Å²) in [4.78, 5) is 16.5. The number of likely N-dealkylation sites (N-methyl/N-ethyl adjacent to an activating group) is 1. The normalized spacial score (nSPS) is 20.0. The van der Waals surface area contributed by atoms with Crippen LogP contribution in [-0.2, 0) is 12.4 Å². The third-order valence-electron chi connectivity index (χ3n) is 6.73. The van der Waals surface area contributed by atoms with Gasteiger partial charge >= 0.3 is 18.4 Å². The van der Waals surface area contributed by atoms with Gasteiger partial charge in [-0.1, -0.05) is 24.3 Å². The van der Waals surface area contributed by atoms with Crippen LogP contribution < -0.4 is 5.32 Å². The predicted molar refractivity (Wildman–Crippen MR) is 121 cm³/mol. The van der Waals surface area contributed by atoms with Crippen LogP contribution in [0, 0.1) is 6.92 Å². The van der Waals surface area contributed by atoms with Gasteiger partial charge in [-0.25, -0.2) is 4.79 Å². The van der Waals surface area contributed by atoms with Crippen LogP contribution in [0.2, 0.25) is 0 Å². The number of hydrogen-bond acceptors (Lipinski definition) is 2. The fourth-order valence-electron chi connectivity index (χ4n) is 4.63. The third kappa shape index (κ3) is 5.74. The van der Waals surface area contributed by atoms with Crippen LogP contribution in [0.25, 0.3) is 0 Å². The highest BCUT2D eigenvalue weighted by Gasteiger charge is 2.40. The number of rotatable bonds is 4. The highest BCUT2D eigenvalue weighted by atomic mass is 19.4. The van der Waals surface area contributed by atoms with E-state index < -0.39 is 35.6 Å². The van der Waals surface area contributed by atoms with Crippen molar-refractivity contribution in [2.24, 2.45) is 0 Å². The van der Waals surface area contributed by atoms with E-state index in [1.165, 1.54) is 18.9 Å². The van der Waals surface area contributed by atoms with E-state index in [9.17, 15) is 31.1 Å². The smallest absolute Gasteiger partial charge is 0.321 e. The first-order chi connectivity index (χ1) is 16.3. The summed E-state index contributed by atoms with van der Waals surface area (Å²) in [6.45, 7) is 3.78. The molecule has 35 heavy (non-hydrogen) atoms. The maximum atomic E-state index is 13.6. The number of amides is 2. The molecule has 1 aliphatic heterocycles. The van der Waals surface area contributed by atoms with Gasteiger partial charge in [0.25, 0.3) is 0 Å².